The van der Waals surface area contributed by atoms with Gasteiger partial charge in [-0.2, -0.15) is 0 Å². The molecule has 0 N–H and O–H groups in total. The zero-order valence-corrected chi connectivity index (χ0v) is 12.3. The average molecular weight is 259 g/mol. The SMILES string of the molecule is CC(C)CN(CC(C)(C=O)c1ccccc1)C1CC1. The van der Waals surface area contributed by atoms with Crippen LogP contribution in [0.5, 0.6) is 0 Å². The van der Waals surface area contributed by atoms with Crippen LogP contribution in [-0.2, 0) is 10.2 Å². The molecule has 1 fully saturated rings. The molecule has 0 radical (unpaired) electrons. The number of carbonyl (C=O) groups excluding carboxylic acids is 1. The summed E-state index contributed by atoms with van der Waals surface area (Å²) in [6.07, 6.45) is 3.70. The summed E-state index contributed by atoms with van der Waals surface area (Å²) in [6.45, 7) is 8.47. The zero-order chi connectivity index (χ0) is 13.9. The molecule has 19 heavy (non-hydrogen) atoms. The van der Waals surface area contributed by atoms with Crippen molar-refractivity contribution in [2.45, 2.75) is 45.1 Å². The monoisotopic (exact) mass is 259 g/mol. The fourth-order valence-corrected chi connectivity index (χ4v) is 2.69. The summed E-state index contributed by atoms with van der Waals surface area (Å²) in [7, 11) is 0. The Morgan fingerprint density at radius 2 is 1.95 bits per heavy atom. The second-order valence-corrected chi connectivity index (χ2v) is 6.46. The van der Waals surface area contributed by atoms with E-state index < -0.39 is 5.41 Å². The Morgan fingerprint density at radius 1 is 1.32 bits per heavy atom. The van der Waals surface area contributed by atoms with Crippen LogP contribution in [-0.4, -0.2) is 30.3 Å². The summed E-state index contributed by atoms with van der Waals surface area (Å²) < 4.78 is 0. The van der Waals surface area contributed by atoms with E-state index in [9.17, 15) is 4.79 Å². The Kier molecular flexibility index (Phi) is 4.41. The molecule has 0 bridgehead atoms. The van der Waals surface area contributed by atoms with E-state index in [1.807, 2.05) is 18.2 Å². The number of hydrogen-bond donors (Lipinski definition) is 0. The molecule has 2 rings (SSSR count). The summed E-state index contributed by atoms with van der Waals surface area (Å²) in [6, 6.07) is 10.9. The third-order valence-electron chi connectivity index (χ3n) is 3.89. The van der Waals surface area contributed by atoms with Crippen molar-refractivity contribution in [3.8, 4) is 0 Å². The quantitative estimate of drug-likeness (QED) is 0.700. The molecule has 1 saturated carbocycles. The largest absolute Gasteiger partial charge is 0.302 e. The van der Waals surface area contributed by atoms with Gasteiger partial charge in [-0.25, -0.2) is 0 Å². The van der Waals surface area contributed by atoms with Crippen molar-refractivity contribution in [3.05, 3.63) is 35.9 Å². The first-order valence-electron chi connectivity index (χ1n) is 7.31. The van der Waals surface area contributed by atoms with Crippen molar-refractivity contribution < 1.29 is 4.79 Å². The maximum absolute atomic E-state index is 11.7. The predicted octanol–water partition coefficient (Wildman–Crippen LogP) is 3.26. The smallest absolute Gasteiger partial charge is 0.131 e. The van der Waals surface area contributed by atoms with Gasteiger partial charge in [-0.05, 0) is 31.2 Å². The number of carbonyl (C=O) groups is 1. The van der Waals surface area contributed by atoms with E-state index in [0.29, 0.717) is 12.0 Å². The van der Waals surface area contributed by atoms with Gasteiger partial charge in [0, 0.05) is 19.1 Å². The molecule has 0 spiro atoms. The molecule has 1 atom stereocenters. The molecular weight excluding hydrogens is 234 g/mol. The first-order valence-corrected chi connectivity index (χ1v) is 7.31. The summed E-state index contributed by atoms with van der Waals surface area (Å²) in [5, 5.41) is 0. The number of benzene rings is 1. The van der Waals surface area contributed by atoms with Gasteiger partial charge >= 0.3 is 0 Å². The highest BCUT2D eigenvalue weighted by Gasteiger charge is 2.36. The van der Waals surface area contributed by atoms with Crippen LogP contribution in [0.3, 0.4) is 0 Å². The first kappa shape index (κ1) is 14.3. The Balaban J connectivity index is 2.14. The van der Waals surface area contributed by atoms with Crippen LogP contribution < -0.4 is 0 Å². The van der Waals surface area contributed by atoms with E-state index in [1.54, 1.807) is 0 Å². The highest BCUT2D eigenvalue weighted by Crippen LogP contribution is 2.32. The standard InChI is InChI=1S/C17H25NO/c1-14(2)11-18(16-9-10-16)12-17(3,13-19)15-7-5-4-6-8-15/h4-8,13-14,16H,9-12H2,1-3H3. The molecule has 1 aliphatic carbocycles. The van der Waals surface area contributed by atoms with Crippen LogP contribution in [0.15, 0.2) is 30.3 Å². The Morgan fingerprint density at radius 3 is 2.42 bits per heavy atom. The van der Waals surface area contributed by atoms with Crippen molar-refractivity contribution in [1.82, 2.24) is 4.90 Å². The lowest BCUT2D eigenvalue weighted by Crippen LogP contribution is -2.42. The zero-order valence-electron chi connectivity index (χ0n) is 12.3. The first-order chi connectivity index (χ1) is 9.05. The minimum absolute atomic E-state index is 0.390. The van der Waals surface area contributed by atoms with Gasteiger partial charge in [-0.15, -0.1) is 0 Å². The van der Waals surface area contributed by atoms with Crippen LogP contribution in [0.2, 0.25) is 0 Å². The van der Waals surface area contributed by atoms with E-state index in [1.165, 1.54) is 12.8 Å². The Bertz CT molecular complexity index is 411. The third-order valence-corrected chi connectivity index (χ3v) is 3.89. The van der Waals surface area contributed by atoms with E-state index in [-0.39, 0.29) is 0 Å². The fourth-order valence-electron chi connectivity index (χ4n) is 2.69. The number of hydrogen-bond acceptors (Lipinski definition) is 2. The van der Waals surface area contributed by atoms with Crippen LogP contribution >= 0.6 is 0 Å². The molecule has 0 saturated heterocycles. The van der Waals surface area contributed by atoms with Crippen molar-refractivity contribution >= 4 is 6.29 Å². The highest BCUT2D eigenvalue weighted by atomic mass is 16.1. The second kappa shape index (κ2) is 5.87. The van der Waals surface area contributed by atoms with Gasteiger partial charge in [0.2, 0.25) is 0 Å². The molecule has 1 aliphatic rings. The lowest BCUT2D eigenvalue weighted by Gasteiger charge is -2.33. The Hall–Kier alpha value is -1.15. The summed E-state index contributed by atoms with van der Waals surface area (Å²) >= 11 is 0. The predicted molar refractivity (Wildman–Crippen MR) is 79.3 cm³/mol. The van der Waals surface area contributed by atoms with Crippen LogP contribution in [0.4, 0.5) is 0 Å². The van der Waals surface area contributed by atoms with Crippen LogP contribution in [0, 0.1) is 5.92 Å². The van der Waals surface area contributed by atoms with Crippen LogP contribution in [0.1, 0.15) is 39.2 Å². The summed E-state index contributed by atoms with van der Waals surface area (Å²) in [5.41, 5.74) is 0.734. The molecular formula is C17H25NO. The molecule has 0 amide bonds. The van der Waals surface area contributed by atoms with Crippen molar-refractivity contribution in [2.24, 2.45) is 5.92 Å². The third kappa shape index (κ3) is 3.66. The molecule has 1 unspecified atom stereocenters. The average Bonchev–Trinajstić information content (AvgIpc) is 3.22. The van der Waals surface area contributed by atoms with Gasteiger partial charge in [0.1, 0.15) is 6.29 Å². The van der Waals surface area contributed by atoms with Crippen molar-refractivity contribution in [2.75, 3.05) is 13.1 Å². The topological polar surface area (TPSA) is 20.3 Å². The minimum atomic E-state index is -0.390. The summed E-state index contributed by atoms with van der Waals surface area (Å²) in [4.78, 5) is 14.2. The van der Waals surface area contributed by atoms with E-state index >= 15 is 0 Å². The van der Waals surface area contributed by atoms with Gasteiger partial charge in [-0.1, -0.05) is 44.2 Å². The molecule has 2 nitrogen and oxygen atoms in total. The van der Waals surface area contributed by atoms with Gasteiger partial charge < -0.3 is 4.79 Å². The molecule has 104 valence electrons. The molecule has 1 aromatic rings. The molecule has 0 aromatic heterocycles. The molecule has 2 heteroatoms. The highest BCUT2D eigenvalue weighted by molar-refractivity contribution is 5.68. The lowest BCUT2D eigenvalue weighted by atomic mass is 9.83. The van der Waals surface area contributed by atoms with Gasteiger partial charge in [0.15, 0.2) is 0 Å². The number of nitrogens with zero attached hydrogens (tertiary/aromatic N) is 1. The maximum atomic E-state index is 11.7. The Labute approximate surface area is 116 Å². The van der Waals surface area contributed by atoms with Crippen molar-refractivity contribution in [1.29, 1.82) is 0 Å². The van der Waals surface area contributed by atoms with E-state index in [0.717, 1.165) is 24.9 Å². The number of rotatable bonds is 7. The normalized spacial score (nSPS) is 18.6. The molecule has 1 aromatic carbocycles. The van der Waals surface area contributed by atoms with Gasteiger partial charge in [0.25, 0.3) is 0 Å². The summed E-state index contributed by atoms with van der Waals surface area (Å²) in [5.74, 6) is 0.646. The van der Waals surface area contributed by atoms with Gasteiger partial charge in [0.05, 0.1) is 5.41 Å². The molecule has 0 heterocycles. The maximum Gasteiger partial charge on any atom is 0.131 e. The van der Waals surface area contributed by atoms with E-state index in [4.69, 9.17) is 0 Å². The van der Waals surface area contributed by atoms with E-state index in [2.05, 4.69) is 37.8 Å². The van der Waals surface area contributed by atoms with Gasteiger partial charge in [-0.3, -0.25) is 4.90 Å². The second-order valence-electron chi connectivity index (χ2n) is 6.46. The molecule has 0 aliphatic heterocycles. The minimum Gasteiger partial charge on any atom is -0.302 e. The lowest BCUT2D eigenvalue weighted by molar-refractivity contribution is -0.112. The van der Waals surface area contributed by atoms with Crippen molar-refractivity contribution in [3.63, 3.8) is 0 Å². The van der Waals surface area contributed by atoms with Crippen LogP contribution in [0.25, 0.3) is 0 Å². The fraction of sp³-hybridized carbons (Fsp3) is 0.588. The number of aldehydes is 1.